The zero-order chi connectivity index (χ0) is 14.4. The van der Waals surface area contributed by atoms with Crippen molar-refractivity contribution in [2.75, 3.05) is 7.11 Å². The van der Waals surface area contributed by atoms with E-state index in [1.54, 1.807) is 13.2 Å². The number of phenols is 1. The summed E-state index contributed by atoms with van der Waals surface area (Å²) in [5.74, 6) is 0.932. The third-order valence-corrected chi connectivity index (χ3v) is 3.44. The van der Waals surface area contributed by atoms with E-state index in [0.29, 0.717) is 12.3 Å². The van der Waals surface area contributed by atoms with E-state index in [4.69, 9.17) is 4.74 Å². The van der Waals surface area contributed by atoms with Crippen LogP contribution in [0.2, 0.25) is 0 Å². The minimum Gasteiger partial charge on any atom is -0.507 e. The number of ether oxygens (including phenoxy) is 1. The molecular formula is C17H21NO2. The van der Waals surface area contributed by atoms with Gasteiger partial charge in [0, 0.05) is 24.2 Å². The molecule has 2 aromatic carbocycles. The fourth-order valence-electron chi connectivity index (χ4n) is 2.24. The Balaban J connectivity index is 2.03. The topological polar surface area (TPSA) is 41.5 Å². The van der Waals surface area contributed by atoms with E-state index in [1.165, 1.54) is 5.56 Å². The van der Waals surface area contributed by atoms with Crippen molar-refractivity contribution in [2.45, 2.75) is 25.9 Å². The van der Waals surface area contributed by atoms with E-state index in [-0.39, 0.29) is 11.8 Å². The third kappa shape index (κ3) is 3.52. The Morgan fingerprint density at radius 3 is 2.50 bits per heavy atom. The number of phenolic OH excluding ortho intramolecular Hbond substituents is 1. The van der Waals surface area contributed by atoms with E-state index >= 15 is 0 Å². The van der Waals surface area contributed by atoms with Crippen molar-refractivity contribution in [1.82, 2.24) is 5.32 Å². The van der Waals surface area contributed by atoms with Crippen LogP contribution < -0.4 is 10.1 Å². The minimum atomic E-state index is 0.264. The number of aromatic hydroxyl groups is 1. The average Bonchev–Trinajstić information content (AvgIpc) is 2.50. The van der Waals surface area contributed by atoms with Crippen LogP contribution >= 0.6 is 0 Å². The molecule has 106 valence electrons. The van der Waals surface area contributed by atoms with Gasteiger partial charge in [0.2, 0.25) is 0 Å². The van der Waals surface area contributed by atoms with Gasteiger partial charge in [-0.05, 0) is 18.1 Å². The molecule has 0 aliphatic heterocycles. The lowest BCUT2D eigenvalue weighted by atomic mass is 10.0. The summed E-state index contributed by atoms with van der Waals surface area (Å²) in [6, 6.07) is 16.0. The van der Waals surface area contributed by atoms with Gasteiger partial charge in [0.05, 0.1) is 7.11 Å². The van der Waals surface area contributed by atoms with Crippen molar-refractivity contribution in [3.05, 3.63) is 59.7 Å². The Morgan fingerprint density at radius 2 is 1.90 bits per heavy atom. The number of hydrogen-bond donors (Lipinski definition) is 2. The van der Waals surface area contributed by atoms with Gasteiger partial charge in [-0.3, -0.25) is 0 Å². The monoisotopic (exact) mass is 271 g/mol. The third-order valence-electron chi connectivity index (χ3n) is 3.44. The molecule has 0 fully saturated rings. The molecule has 3 nitrogen and oxygen atoms in total. The van der Waals surface area contributed by atoms with Gasteiger partial charge in [0.25, 0.3) is 0 Å². The summed E-state index contributed by atoms with van der Waals surface area (Å²) in [5, 5.41) is 13.4. The largest absolute Gasteiger partial charge is 0.507 e. The minimum absolute atomic E-state index is 0.264. The van der Waals surface area contributed by atoms with E-state index in [0.717, 1.165) is 12.0 Å². The van der Waals surface area contributed by atoms with Gasteiger partial charge in [-0.25, -0.2) is 0 Å². The van der Waals surface area contributed by atoms with Crippen LogP contribution in [-0.2, 0) is 6.54 Å². The Kier molecular flexibility index (Phi) is 5.02. The lowest BCUT2D eigenvalue weighted by molar-refractivity contribution is 0.405. The molecule has 0 heterocycles. The van der Waals surface area contributed by atoms with Crippen molar-refractivity contribution in [3.8, 4) is 11.5 Å². The first-order chi connectivity index (χ1) is 9.74. The second-order valence-corrected chi connectivity index (χ2v) is 4.75. The normalized spacial score (nSPS) is 12.1. The maximum absolute atomic E-state index is 9.96. The van der Waals surface area contributed by atoms with Crippen LogP contribution in [0.5, 0.6) is 11.5 Å². The zero-order valence-corrected chi connectivity index (χ0v) is 12.0. The quantitative estimate of drug-likeness (QED) is 0.842. The van der Waals surface area contributed by atoms with Gasteiger partial charge in [-0.2, -0.15) is 0 Å². The van der Waals surface area contributed by atoms with Gasteiger partial charge in [0.1, 0.15) is 11.5 Å². The Labute approximate surface area is 120 Å². The number of methoxy groups -OCH3 is 1. The molecule has 0 aromatic heterocycles. The Bertz CT molecular complexity index is 540. The maximum Gasteiger partial charge on any atom is 0.123 e. The van der Waals surface area contributed by atoms with Gasteiger partial charge in [0.15, 0.2) is 0 Å². The highest BCUT2D eigenvalue weighted by atomic mass is 16.5. The predicted molar refractivity (Wildman–Crippen MR) is 81.0 cm³/mol. The molecule has 0 aliphatic rings. The molecule has 0 saturated heterocycles. The van der Waals surface area contributed by atoms with E-state index in [1.807, 2.05) is 30.3 Å². The molecule has 20 heavy (non-hydrogen) atoms. The van der Waals surface area contributed by atoms with Crippen LogP contribution in [-0.4, -0.2) is 12.2 Å². The van der Waals surface area contributed by atoms with Crippen molar-refractivity contribution < 1.29 is 9.84 Å². The molecule has 1 unspecified atom stereocenters. The summed E-state index contributed by atoms with van der Waals surface area (Å²) in [6.45, 7) is 2.78. The van der Waals surface area contributed by atoms with E-state index in [9.17, 15) is 5.11 Å². The SMILES string of the molecule is CCC(NCc1ccc(OC)cc1O)c1ccccc1. The highest BCUT2D eigenvalue weighted by Crippen LogP contribution is 2.24. The molecule has 2 aromatic rings. The maximum atomic E-state index is 9.96. The summed E-state index contributed by atoms with van der Waals surface area (Å²) in [6.07, 6.45) is 1.00. The summed E-state index contributed by atoms with van der Waals surface area (Å²) < 4.78 is 5.09. The standard InChI is InChI=1S/C17H21NO2/c1-3-16(13-7-5-4-6-8-13)18-12-14-9-10-15(20-2)11-17(14)19/h4-11,16,18-19H,3,12H2,1-2H3. The molecule has 0 amide bonds. The van der Waals surface area contributed by atoms with Crippen molar-refractivity contribution >= 4 is 0 Å². The molecule has 1 atom stereocenters. The summed E-state index contributed by atoms with van der Waals surface area (Å²) in [7, 11) is 1.59. The molecular weight excluding hydrogens is 250 g/mol. The van der Waals surface area contributed by atoms with Crippen LogP contribution in [0.3, 0.4) is 0 Å². The number of hydrogen-bond acceptors (Lipinski definition) is 3. The predicted octanol–water partition coefficient (Wildman–Crippen LogP) is 3.64. The number of rotatable bonds is 6. The van der Waals surface area contributed by atoms with E-state index in [2.05, 4.69) is 24.4 Å². The first-order valence-electron chi connectivity index (χ1n) is 6.88. The Morgan fingerprint density at radius 1 is 1.15 bits per heavy atom. The number of benzene rings is 2. The molecule has 0 radical (unpaired) electrons. The summed E-state index contributed by atoms with van der Waals surface area (Å²) >= 11 is 0. The van der Waals surface area contributed by atoms with Crippen LogP contribution in [0.15, 0.2) is 48.5 Å². The highest BCUT2D eigenvalue weighted by molar-refractivity contribution is 5.39. The lowest BCUT2D eigenvalue weighted by Gasteiger charge is -2.18. The zero-order valence-electron chi connectivity index (χ0n) is 12.0. The summed E-state index contributed by atoms with van der Waals surface area (Å²) in [5.41, 5.74) is 2.14. The van der Waals surface area contributed by atoms with Gasteiger partial charge in [-0.15, -0.1) is 0 Å². The fourth-order valence-corrected chi connectivity index (χ4v) is 2.24. The van der Waals surface area contributed by atoms with Crippen LogP contribution in [0.4, 0.5) is 0 Å². The molecule has 2 rings (SSSR count). The second kappa shape index (κ2) is 6.96. The van der Waals surface area contributed by atoms with Crippen LogP contribution in [0, 0.1) is 0 Å². The van der Waals surface area contributed by atoms with Crippen molar-refractivity contribution in [3.63, 3.8) is 0 Å². The van der Waals surface area contributed by atoms with Gasteiger partial charge >= 0.3 is 0 Å². The Hall–Kier alpha value is -2.00. The molecule has 0 aliphatic carbocycles. The highest BCUT2D eigenvalue weighted by Gasteiger charge is 2.09. The lowest BCUT2D eigenvalue weighted by Crippen LogP contribution is -2.20. The van der Waals surface area contributed by atoms with Crippen LogP contribution in [0.25, 0.3) is 0 Å². The second-order valence-electron chi connectivity index (χ2n) is 4.75. The van der Waals surface area contributed by atoms with Gasteiger partial charge < -0.3 is 15.2 Å². The van der Waals surface area contributed by atoms with Crippen molar-refractivity contribution in [1.29, 1.82) is 0 Å². The first kappa shape index (κ1) is 14.4. The van der Waals surface area contributed by atoms with Crippen LogP contribution in [0.1, 0.15) is 30.5 Å². The van der Waals surface area contributed by atoms with Gasteiger partial charge in [-0.1, -0.05) is 43.3 Å². The van der Waals surface area contributed by atoms with Crippen molar-refractivity contribution in [2.24, 2.45) is 0 Å². The van der Waals surface area contributed by atoms with E-state index < -0.39 is 0 Å². The smallest absolute Gasteiger partial charge is 0.123 e. The molecule has 2 N–H and O–H groups in total. The average molecular weight is 271 g/mol. The molecule has 3 heteroatoms. The fraction of sp³-hybridized carbons (Fsp3) is 0.294. The molecule has 0 bridgehead atoms. The molecule has 0 saturated carbocycles. The summed E-state index contributed by atoms with van der Waals surface area (Å²) in [4.78, 5) is 0. The number of nitrogens with one attached hydrogen (secondary N) is 1. The molecule has 0 spiro atoms. The first-order valence-corrected chi connectivity index (χ1v) is 6.88.